The molecule has 1 heterocycles. The van der Waals surface area contributed by atoms with Crippen LogP contribution in [0.2, 0.25) is 4.34 Å². The van der Waals surface area contributed by atoms with E-state index in [-0.39, 0.29) is 20.8 Å². The Morgan fingerprint density at radius 1 is 1.45 bits per heavy atom. The van der Waals surface area contributed by atoms with Gasteiger partial charge in [-0.1, -0.05) is 25.4 Å². The van der Waals surface area contributed by atoms with Crippen molar-refractivity contribution in [3.63, 3.8) is 0 Å². The molecule has 0 saturated heterocycles. The molecule has 1 aromatic heterocycles. The van der Waals surface area contributed by atoms with Crippen molar-refractivity contribution in [1.82, 2.24) is 9.62 Å². The van der Waals surface area contributed by atoms with Gasteiger partial charge in [0.05, 0.1) is 4.92 Å². The Morgan fingerprint density at radius 2 is 2.05 bits per heavy atom. The SMILES string of the molecule is CCN(CC)CCNS(=O)(=O)c1cc([N+](=O)[O-])c(Cl)s1. The number of nitrogens with zero attached hydrogens (tertiary/aromatic N) is 2. The first-order valence-corrected chi connectivity index (χ1v) is 8.65. The van der Waals surface area contributed by atoms with E-state index in [4.69, 9.17) is 11.6 Å². The normalized spacial score (nSPS) is 12.0. The lowest BCUT2D eigenvalue weighted by Gasteiger charge is -2.17. The van der Waals surface area contributed by atoms with Crippen LogP contribution in [0.25, 0.3) is 0 Å². The van der Waals surface area contributed by atoms with Gasteiger partial charge in [-0.05, 0) is 13.1 Å². The molecular weight excluding hydrogens is 326 g/mol. The molecule has 0 amide bonds. The Kier molecular flexibility index (Phi) is 6.34. The summed E-state index contributed by atoms with van der Waals surface area (Å²) in [6, 6.07) is 0.979. The van der Waals surface area contributed by atoms with Crippen molar-refractivity contribution in [2.24, 2.45) is 0 Å². The zero-order valence-electron chi connectivity index (χ0n) is 11.1. The Hall–Kier alpha value is -0.740. The van der Waals surface area contributed by atoms with Gasteiger partial charge in [0.1, 0.15) is 4.21 Å². The van der Waals surface area contributed by atoms with Gasteiger partial charge in [-0.15, -0.1) is 11.3 Å². The second-order valence-electron chi connectivity index (χ2n) is 3.91. The maximum atomic E-state index is 12.0. The molecule has 0 aliphatic heterocycles. The Balaban J connectivity index is 2.74. The van der Waals surface area contributed by atoms with Crippen molar-refractivity contribution < 1.29 is 13.3 Å². The molecule has 0 atom stereocenters. The highest BCUT2D eigenvalue weighted by Crippen LogP contribution is 2.35. The van der Waals surface area contributed by atoms with Crippen LogP contribution in [0, 0.1) is 10.1 Å². The van der Waals surface area contributed by atoms with E-state index in [0.29, 0.717) is 17.9 Å². The number of sulfonamides is 1. The van der Waals surface area contributed by atoms with Crippen LogP contribution in [0.1, 0.15) is 13.8 Å². The molecule has 0 fully saturated rings. The molecule has 10 heteroatoms. The number of hydrogen-bond donors (Lipinski definition) is 1. The molecule has 0 unspecified atom stereocenters. The van der Waals surface area contributed by atoms with Crippen molar-refractivity contribution >= 4 is 38.6 Å². The van der Waals surface area contributed by atoms with Gasteiger partial charge in [-0.2, -0.15) is 0 Å². The topological polar surface area (TPSA) is 92.6 Å². The average Bonchev–Trinajstić information content (AvgIpc) is 2.78. The lowest BCUT2D eigenvalue weighted by atomic mass is 10.5. The minimum Gasteiger partial charge on any atom is -0.303 e. The van der Waals surface area contributed by atoms with Crippen LogP contribution in [0.15, 0.2) is 10.3 Å². The van der Waals surface area contributed by atoms with Gasteiger partial charge in [0.25, 0.3) is 5.69 Å². The maximum Gasteiger partial charge on any atom is 0.300 e. The summed E-state index contributed by atoms with van der Waals surface area (Å²) >= 11 is 6.33. The van der Waals surface area contributed by atoms with Crippen LogP contribution in [-0.2, 0) is 10.0 Å². The number of halogens is 1. The van der Waals surface area contributed by atoms with Crippen LogP contribution in [0.3, 0.4) is 0 Å². The fourth-order valence-corrected chi connectivity index (χ4v) is 4.27. The number of likely N-dealkylation sites (N-methyl/N-ethyl adjacent to an activating group) is 1. The first kappa shape index (κ1) is 17.3. The number of hydrogen-bond acceptors (Lipinski definition) is 6. The molecule has 0 radical (unpaired) electrons. The summed E-state index contributed by atoms with van der Waals surface area (Å²) in [5.41, 5.74) is -0.388. The molecule has 20 heavy (non-hydrogen) atoms. The summed E-state index contributed by atoms with van der Waals surface area (Å²) in [7, 11) is -3.75. The molecule has 1 aromatic rings. The Morgan fingerprint density at radius 3 is 2.50 bits per heavy atom. The molecule has 1 N–H and O–H groups in total. The standard InChI is InChI=1S/C10H16ClN3O4S2/c1-3-13(4-2)6-5-12-20(17,18)9-7-8(14(15)16)10(11)19-9/h7,12H,3-6H2,1-2H3. The van der Waals surface area contributed by atoms with Crippen LogP contribution >= 0.6 is 22.9 Å². The minimum absolute atomic E-state index is 0.140. The first-order chi connectivity index (χ1) is 9.31. The highest BCUT2D eigenvalue weighted by molar-refractivity contribution is 7.91. The molecule has 0 aromatic carbocycles. The highest BCUT2D eigenvalue weighted by Gasteiger charge is 2.24. The lowest BCUT2D eigenvalue weighted by Crippen LogP contribution is -2.34. The number of thiophene rings is 1. The van der Waals surface area contributed by atoms with Crippen molar-refractivity contribution in [1.29, 1.82) is 0 Å². The highest BCUT2D eigenvalue weighted by atomic mass is 35.5. The van der Waals surface area contributed by atoms with Crippen LogP contribution in [-0.4, -0.2) is 44.4 Å². The van der Waals surface area contributed by atoms with E-state index in [0.717, 1.165) is 19.2 Å². The van der Waals surface area contributed by atoms with Crippen molar-refractivity contribution in [3.05, 3.63) is 20.5 Å². The zero-order valence-corrected chi connectivity index (χ0v) is 13.5. The Bertz CT molecular complexity index is 569. The van der Waals surface area contributed by atoms with Crippen molar-refractivity contribution in [2.45, 2.75) is 18.1 Å². The number of nitro groups is 1. The quantitative estimate of drug-likeness (QED) is 0.576. The summed E-state index contributed by atoms with van der Waals surface area (Å²) in [5, 5.41) is 10.6. The van der Waals surface area contributed by atoms with Crippen molar-refractivity contribution in [3.8, 4) is 0 Å². The fourth-order valence-electron chi connectivity index (χ4n) is 1.54. The summed E-state index contributed by atoms with van der Waals surface area (Å²) < 4.78 is 26.1. The largest absolute Gasteiger partial charge is 0.303 e. The first-order valence-electron chi connectivity index (χ1n) is 5.97. The van der Waals surface area contributed by atoms with Gasteiger partial charge in [0, 0.05) is 19.2 Å². The molecule has 0 aliphatic carbocycles. The smallest absolute Gasteiger partial charge is 0.300 e. The Labute approximate surface area is 126 Å². The van der Waals surface area contributed by atoms with Crippen LogP contribution < -0.4 is 4.72 Å². The van der Waals surface area contributed by atoms with Crippen LogP contribution in [0.5, 0.6) is 0 Å². The van der Waals surface area contributed by atoms with E-state index < -0.39 is 14.9 Å². The average molecular weight is 342 g/mol. The van der Waals surface area contributed by atoms with Crippen LogP contribution in [0.4, 0.5) is 5.69 Å². The van der Waals surface area contributed by atoms with Gasteiger partial charge < -0.3 is 4.90 Å². The van der Waals surface area contributed by atoms with Gasteiger partial charge in [0.2, 0.25) is 10.0 Å². The van der Waals surface area contributed by atoms with E-state index in [9.17, 15) is 18.5 Å². The predicted octanol–water partition coefficient (Wildman–Crippen LogP) is 1.93. The molecule has 0 saturated carbocycles. The molecule has 7 nitrogen and oxygen atoms in total. The molecular formula is C10H16ClN3O4S2. The van der Waals surface area contributed by atoms with E-state index in [2.05, 4.69) is 9.62 Å². The number of nitrogens with one attached hydrogen (secondary N) is 1. The summed E-state index contributed by atoms with van der Waals surface area (Å²) in [6.07, 6.45) is 0. The van der Waals surface area contributed by atoms with Gasteiger partial charge in [-0.25, -0.2) is 13.1 Å². The molecule has 114 valence electrons. The molecule has 1 rings (SSSR count). The zero-order chi connectivity index (χ0) is 15.3. The van der Waals surface area contributed by atoms with E-state index in [1.54, 1.807) is 0 Å². The summed E-state index contributed by atoms with van der Waals surface area (Å²) in [6.45, 7) is 6.45. The van der Waals surface area contributed by atoms with E-state index >= 15 is 0 Å². The second-order valence-corrected chi connectivity index (χ2v) is 7.55. The number of rotatable bonds is 8. The third-order valence-electron chi connectivity index (χ3n) is 2.72. The second kappa shape index (κ2) is 7.32. The molecule has 0 spiro atoms. The summed E-state index contributed by atoms with van der Waals surface area (Å²) in [5.74, 6) is 0. The van der Waals surface area contributed by atoms with Gasteiger partial charge in [-0.3, -0.25) is 10.1 Å². The fraction of sp³-hybridized carbons (Fsp3) is 0.600. The van der Waals surface area contributed by atoms with Gasteiger partial charge in [0.15, 0.2) is 4.34 Å². The third kappa shape index (κ3) is 4.38. The monoisotopic (exact) mass is 341 g/mol. The molecule has 0 bridgehead atoms. The van der Waals surface area contributed by atoms with E-state index in [1.807, 2.05) is 13.8 Å². The molecule has 0 aliphatic rings. The predicted molar refractivity (Wildman–Crippen MR) is 79.0 cm³/mol. The lowest BCUT2D eigenvalue weighted by molar-refractivity contribution is -0.384. The van der Waals surface area contributed by atoms with Crippen molar-refractivity contribution in [2.75, 3.05) is 26.2 Å². The van der Waals surface area contributed by atoms with Gasteiger partial charge >= 0.3 is 0 Å². The third-order valence-corrected chi connectivity index (χ3v) is 5.99. The minimum atomic E-state index is -3.75. The van der Waals surface area contributed by atoms with E-state index in [1.165, 1.54) is 0 Å². The summed E-state index contributed by atoms with van der Waals surface area (Å²) in [4.78, 5) is 12.0. The maximum absolute atomic E-state index is 12.0.